The van der Waals surface area contributed by atoms with Gasteiger partial charge in [0.2, 0.25) is 0 Å². The molecule has 0 spiro atoms. The third-order valence-electron chi connectivity index (χ3n) is 5.03. The monoisotopic (exact) mass is 437 g/mol. The Labute approximate surface area is 189 Å². The number of hydrogen-bond acceptors (Lipinski definition) is 7. The summed E-state index contributed by atoms with van der Waals surface area (Å²) in [6, 6.07) is 26.8. The Hall–Kier alpha value is -4.65. The molecule has 2 aromatic heterocycles. The number of carbonyl (C=O) groups is 1. The summed E-state index contributed by atoms with van der Waals surface area (Å²) >= 11 is 0. The van der Waals surface area contributed by atoms with Gasteiger partial charge in [-0.05, 0) is 54.1 Å². The van der Waals surface area contributed by atoms with Crippen molar-refractivity contribution in [1.29, 1.82) is 0 Å². The molecule has 33 heavy (non-hydrogen) atoms. The Bertz CT molecular complexity index is 1380. The molecule has 5 rings (SSSR count). The van der Waals surface area contributed by atoms with Crippen LogP contribution in [0.3, 0.4) is 0 Å². The molecule has 0 radical (unpaired) electrons. The highest BCUT2D eigenvalue weighted by Crippen LogP contribution is 2.31. The first-order valence-electron chi connectivity index (χ1n) is 10.3. The van der Waals surface area contributed by atoms with Gasteiger partial charge in [0.25, 0.3) is 5.95 Å². The van der Waals surface area contributed by atoms with Crippen LogP contribution in [-0.2, 0) is 11.4 Å². The van der Waals surface area contributed by atoms with Crippen molar-refractivity contribution in [2.24, 2.45) is 0 Å². The minimum Gasteiger partial charge on any atom is -0.489 e. The number of nitrogens with one attached hydrogen (secondary N) is 1. The fourth-order valence-corrected chi connectivity index (χ4v) is 3.41. The molecular weight excluding hydrogens is 418 g/mol. The molecule has 0 saturated carbocycles. The quantitative estimate of drug-likeness (QED) is 0.309. The van der Waals surface area contributed by atoms with E-state index in [1.54, 1.807) is 12.1 Å². The third kappa shape index (κ3) is 4.67. The van der Waals surface area contributed by atoms with Crippen LogP contribution in [0.4, 0.5) is 11.5 Å². The van der Waals surface area contributed by atoms with Gasteiger partial charge < -0.3 is 19.2 Å². The molecule has 162 valence electrons. The van der Waals surface area contributed by atoms with Gasteiger partial charge in [0, 0.05) is 22.7 Å². The van der Waals surface area contributed by atoms with Gasteiger partial charge in [-0.1, -0.05) is 30.3 Å². The van der Waals surface area contributed by atoms with Crippen molar-refractivity contribution in [2.45, 2.75) is 6.61 Å². The molecule has 0 fully saturated rings. The van der Waals surface area contributed by atoms with Gasteiger partial charge in [0.1, 0.15) is 30.3 Å². The number of aromatic nitrogens is 2. The van der Waals surface area contributed by atoms with Crippen LogP contribution in [0.2, 0.25) is 0 Å². The molecule has 0 unspecified atom stereocenters. The zero-order chi connectivity index (χ0) is 22.5. The zero-order valence-corrected chi connectivity index (χ0v) is 17.5. The lowest BCUT2D eigenvalue weighted by molar-refractivity contribution is -0.121. The summed E-state index contributed by atoms with van der Waals surface area (Å²) in [5, 5.41) is 4.17. The molecule has 1 N–H and O–H groups in total. The molecular formula is C26H19N3O4. The normalized spacial score (nSPS) is 10.7. The van der Waals surface area contributed by atoms with E-state index in [1.165, 1.54) is 6.33 Å². The SMILES string of the molecule is O=COc1ccc(-c2ccc3ncnc(Nc4ccc(OCc5ccccc5)cc4)c3c2)o1. The molecule has 0 atom stereocenters. The van der Waals surface area contributed by atoms with E-state index in [1.807, 2.05) is 72.8 Å². The molecule has 2 heterocycles. The molecule has 0 saturated heterocycles. The summed E-state index contributed by atoms with van der Waals surface area (Å²) < 4.78 is 16.2. The Kier molecular flexibility index (Phi) is 5.67. The summed E-state index contributed by atoms with van der Waals surface area (Å²) in [5.41, 5.74) is 3.58. The predicted octanol–water partition coefficient (Wildman–Crippen LogP) is 5.75. The van der Waals surface area contributed by atoms with Crippen molar-refractivity contribution in [2.75, 3.05) is 5.32 Å². The van der Waals surface area contributed by atoms with E-state index in [2.05, 4.69) is 15.3 Å². The topological polar surface area (TPSA) is 86.5 Å². The molecule has 0 aliphatic carbocycles. The minimum absolute atomic E-state index is 0.136. The number of fused-ring (bicyclic) bond motifs is 1. The Morgan fingerprint density at radius 3 is 2.58 bits per heavy atom. The first kappa shape index (κ1) is 20.3. The van der Waals surface area contributed by atoms with Crippen LogP contribution in [0.1, 0.15) is 5.56 Å². The zero-order valence-electron chi connectivity index (χ0n) is 17.5. The van der Waals surface area contributed by atoms with Crippen molar-refractivity contribution in [3.63, 3.8) is 0 Å². The van der Waals surface area contributed by atoms with Gasteiger partial charge in [0.05, 0.1) is 5.52 Å². The van der Waals surface area contributed by atoms with Crippen LogP contribution in [0.5, 0.6) is 11.7 Å². The predicted molar refractivity (Wildman–Crippen MR) is 124 cm³/mol. The molecule has 0 bridgehead atoms. The number of furan rings is 1. The number of ether oxygens (including phenoxy) is 2. The number of nitrogens with zero attached hydrogens (tertiary/aromatic N) is 2. The fourth-order valence-electron chi connectivity index (χ4n) is 3.41. The van der Waals surface area contributed by atoms with E-state index in [4.69, 9.17) is 13.9 Å². The number of anilines is 2. The first-order chi connectivity index (χ1) is 16.3. The highest BCUT2D eigenvalue weighted by atomic mass is 16.6. The van der Waals surface area contributed by atoms with Crippen LogP contribution in [0.25, 0.3) is 22.2 Å². The van der Waals surface area contributed by atoms with Crippen LogP contribution < -0.4 is 14.8 Å². The molecule has 7 nitrogen and oxygen atoms in total. The van der Waals surface area contributed by atoms with Gasteiger partial charge in [-0.3, -0.25) is 4.79 Å². The van der Waals surface area contributed by atoms with Crippen LogP contribution in [0, 0.1) is 0 Å². The summed E-state index contributed by atoms with van der Waals surface area (Å²) in [6.45, 7) is 0.843. The Morgan fingerprint density at radius 1 is 0.909 bits per heavy atom. The highest BCUT2D eigenvalue weighted by Gasteiger charge is 2.10. The van der Waals surface area contributed by atoms with Crippen molar-refractivity contribution in [3.05, 3.63) is 96.8 Å². The van der Waals surface area contributed by atoms with Crippen LogP contribution in [0.15, 0.2) is 95.7 Å². The second-order valence-corrected chi connectivity index (χ2v) is 7.21. The van der Waals surface area contributed by atoms with Gasteiger partial charge in [-0.15, -0.1) is 0 Å². The molecule has 0 aliphatic rings. The second-order valence-electron chi connectivity index (χ2n) is 7.21. The van der Waals surface area contributed by atoms with E-state index in [-0.39, 0.29) is 5.95 Å². The maximum atomic E-state index is 10.5. The Morgan fingerprint density at radius 2 is 1.76 bits per heavy atom. The average molecular weight is 437 g/mol. The van der Waals surface area contributed by atoms with E-state index in [0.29, 0.717) is 24.7 Å². The van der Waals surface area contributed by atoms with Gasteiger partial charge in [-0.25, -0.2) is 9.97 Å². The maximum Gasteiger partial charge on any atom is 0.300 e. The summed E-state index contributed by atoms with van der Waals surface area (Å²) in [6.07, 6.45) is 1.52. The lowest BCUT2D eigenvalue weighted by atomic mass is 10.1. The fraction of sp³-hybridized carbons (Fsp3) is 0.0385. The number of benzene rings is 3. The van der Waals surface area contributed by atoms with Gasteiger partial charge >= 0.3 is 6.47 Å². The van der Waals surface area contributed by atoms with Crippen molar-refractivity contribution >= 4 is 28.9 Å². The second kappa shape index (κ2) is 9.23. The molecule has 3 aromatic carbocycles. The number of carbonyl (C=O) groups excluding carboxylic acids is 1. The first-order valence-corrected chi connectivity index (χ1v) is 10.3. The van der Waals surface area contributed by atoms with Crippen molar-refractivity contribution < 1.29 is 18.7 Å². The average Bonchev–Trinajstić information content (AvgIpc) is 3.33. The molecule has 5 aromatic rings. The summed E-state index contributed by atoms with van der Waals surface area (Å²) in [7, 11) is 0. The smallest absolute Gasteiger partial charge is 0.300 e. The van der Waals surface area contributed by atoms with Crippen molar-refractivity contribution in [1.82, 2.24) is 9.97 Å². The lowest BCUT2D eigenvalue weighted by Crippen LogP contribution is -1.97. The molecule has 0 amide bonds. The largest absolute Gasteiger partial charge is 0.489 e. The van der Waals surface area contributed by atoms with E-state index < -0.39 is 0 Å². The summed E-state index contributed by atoms with van der Waals surface area (Å²) in [5.74, 6) is 2.15. The van der Waals surface area contributed by atoms with Crippen molar-refractivity contribution in [3.8, 4) is 23.0 Å². The minimum atomic E-state index is 0.136. The van der Waals surface area contributed by atoms with Crippen LogP contribution in [-0.4, -0.2) is 16.4 Å². The lowest BCUT2D eigenvalue weighted by Gasteiger charge is -2.11. The molecule has 7 heteroatoms. The molecule has 0 aliphatic heterocycles. The third-order valence-corrected chi connectivity index (χ3v) is 5.03. The summed E-state index contributed by atoms with van der Waals surface area (Å²) in [4.78, 5) is 19.3. The van der Waals surface area contributed by atoms with Gasteiger partial charge in [0.15, 0.2) is 0 Å². The highest BCUT2D eigenvalue weighted by molar-refractivity contribution is 5.93. The maximum absolute atomic E-state index is 10.5. The standard InChI is InChI=1S/C26H19N3O4/c30-17-32-25-13-12-24(33-25)19-6-11-23-22(14-19)26(28-16-27-23)29-20-7-9-21(10-8-20)31-15-18-4-2-1-3-5-18/h1-14,16-17H,15H2,(H,27,28,29). The number of hydrogen-bond donors (Lipinski definition) is 1. The van der Waals surface area contributed by atoms with E-state index >= 15 is 0 Å². The number of rotatable bonds is 8. The van der Waals surface area contributed by atoms with E-state index in [9.17, 15) is 4.79 Å². The Balaban J connectivity index is 1.35. The van der Waals surface area contributed by atoms with Crippen LogP contribution >= 0.6 is 0 Å². The van der Waals surface area contributed by atoms with E-state index in [0.717, 1.165) is 33.5 Å². The van der Waals surface area contributed by atoms with Gasteiger partial charge in [-0.2, -0.15) is 0 Å².